The normalized spacial score (nSPS) is 41.4. The minimum absolute atomic E-state index is 0.0507. The summed E-state index contributed by atoms with van der Waals surface area (Å²) in [5, 5.41) is 2.90. The molecule has 0 radical (unpaired) electrons. The first-order valence-electron chi connectivity index (χ1n) is 8.32. The minimum atomic E-state index is -0.303. The van der Waals surface area contributed by atoms with Gasteiger partial charge >= 0.3 is 7.12 Å². The third-order valence-corrected chi connectivity index (χ3v) is 6.30. The number of amides is 1. The van der Waals surface area contributed by atoms with Crippen LogP contribution in [0, 0.1) is 23.2 Å². The van der Waals surface area contributed by atoms with Crippen LogP contribution in [0.5, 0.6) is 0 Å². The molecule has 4 aliphatic rings. The molecule has 1 amide bonds. The Morgan fingerprint density at radius 2 is 2.05 bits per heavy atom. The van der Waals surface area contributed by atoms with Gasteiger partial charge in [0.25, 0.3) is 0 Å². The van der Waals surface area contributed by atoms with Gasteiger partial charge in [-0.25, -0.2) is 0 Å². The van der Waals surface area contributed by atoms with Crippen molar-refractivity contribution in [2.24, 2.45) is 23.2 Å². The van der Waals surface area contributed by atoms with Crippen LogP contribution in [0.2, 0.25) is 0 Å². The molecule has 4 rings (SSSR count). The molecule has 5 heteroatoms. The summed E-state index contributed by atoms with van der Waals surface area (Å²) < 4.78 is 12.6. The van der Waals surface area contributed by atoms with Crippen molar-refractivity contribution in [1.29, 1.82) is 0 Å². The monoisotopic (exact) mass is 293 g/mol. The first kappa shape index (κ1) is 15.4. The number of carbonyl (C=O) groups is 1. The van der Waals surface area contributed by atoms with Crippen molar-refractivity contribution in [3.8, 4) is 0 Å². The number of hydrogen-bond donors (Lipinski definition) is 1. The van der Waals surface area contributed by atoms with E-state index >= 15 is 0 Å². The zero-order valence-electron chi connectivity index (χ0n) is 13.9. The second-order valence-electron chi connectivity index (χ2n) is 8.36. The van der Waals surface area contributed by atoms with Crippen LogP contribution in [0.3, 0.4) is 0 Å². The zero-order chi connectivity index (χ0) is 15.4. The Morgan fingerprint density at radius 3 is 2.62 bits per heavy atom. The van der Waals surface area contributed by atoms with Crippen molar-refractivity contribution in [3.63, 3.8) is 0 Å². The lowest BCUT2D eigenvalue weighted by Gasteiger charge is -2.64. The first-order chi connectivity index (χ1) is 9.79. The average molecular weight is 293 g/mol. The highest BCUT2D eigenvalue weighted by Crippen LogP contribution is 2.65. The van der Waals surface area contributed by atoms with Crippen molar-refractivity contribution in [3.05, 3.63) is 0 Å². The molecule has 118 valence electrons. The van der Waals surface area contributed by atoms with Gasteiger partial charge in [0.05, 0.1) is 17.6 Å². The van der Waals surface area contributed by atoms with Crippen molar-refractivity contribution >= 4 is 13.5 Å². The van der Waals surface area contributed by atoms with Crippen molar-refractivity contribution < 1.29 is 14.1 Å². The van der Waals surface area contributed by atoms with Crippen LogP contribution in [0.25, 0.3) is 0 Å². The molecule has 4 fully saturated rings. The third kappa shape index (κ3) is 2.24. The van der Waals surface area contributed by atoms with Gasteiger partial charge in [-0.3, -0.25) is 4.79 Å². The Bertz CT molecular complexity index is 428. The molecule has 0 spiro atoms. The van der Waals surface area contributed by atoms with Crippen LogP contribution in [-0.2, 0) is 14.1 Å². The SMILES string of the molecule is CC(C)C[C@H](NC=O)B1O[C@@H]2C[C@@H]3C[C@@H](C3(C)C)[C@]2(C)O1. The van der Waals surface area contributed by atoms with Crippen LogP contribution >= 0.6 is 0 Å². The predicted molar refractivity (Wildman–Crippen MR) is 82.6 cm³/mol. The summed E-state index contributed by atoms with van der Waals surface area (Å²) in [5.41, 5.74) is 0.165. The van der Waals surface area contributed by atoms with E-state index in [4.69, 9.17) is 9.31 Å². The lowest BCUT2D eigenvalue weighted by Crippen LogP contribution is -2.65. The van der Waals surface area contributed by atoms with Crippen molar-refractivity contribution in [1.82, 2.24) is 5.32 Å². The number of nitrogens with one attached hydrogen (secondary N) is 1. The smallest absolute Gasteiger partial charge is 0.404 e. The molecule has 5 atom stereocenters. The van der Waals surface area contributed by atoms with E-state index < -0.39 is 0 Å². The number of hydrogen-bond acceptors (Lipinski definition) is 3. The fraction of sp³-hybridized carbons (Fsp3) is 0.938. The van der Waals surface area contributed by atoms with E-state index in [1.807, 2.05) is 0 Å². The molecule has 3 aliphatic carbocycles. The van der Waals surface area contributed by atoms with Gasteiger partial charge in [-0.05, 0) is 49.4 Å². The lowest BCUT2D eigenvalue weighted by molar-refractivity contribution is -0.199. The van der Waals surface area contributed by atoms with Crippen molar-refractivity contribution in [2.75, 3.05) is 0 Å². The molecule has 1 saturated heterocycles. The summed E-state index contributed by atoms with van der Waals surface area (Å²) in [4.78, 5) is 10.9. The van der Waals surface area contributed by atoms with E-state index in [1.165, 1.54) is 6.42 Å². The van der Waals surface area contributed by atoms with Gasteiger partial charge in [0.15, 0.2) is 0 Å². The van der Waals surface area contributed by atoms with Crippen LogP contribution < -0.4 is 5.32 Å². The standard InChI is InChI=1S/C16H28BNO3/c1-10(2)6-14(18-9-19)17-20-13-8-11-7-12(15(11,3)4)16(13,5)21-17/h9-14H,6-8H2,1-5H3,(H,18,19)/t11-,12-,13+,14-,16-/m0/s1. The highest BCUT2D eigenvalue weighted by atomic mass is 16.7. The van der Waals surface area contributed by atoms with Gasteiger partial charge in [-0.1, -0.05) is 27.7 Å². The first-order valence-corrected chi connectivity index (χ1v) is 8.32. The summed E-state index contributed by atoms with van der Waals surface area (Å²) >= 11 is 0. The fourth-order valence-electron chi connectivity index (χ4n) is 4.92. The zero-order valence-corrected chi connectivity index (χ0v) is 13.9. The Balaban J connectivity index is 1.76. The molecule has 0 unspecified atom stereocenters. The van der Waals surface area contributed by atoms with E-state index in [-0.39, 0.29) is 24.8 Å². The molecule has 1 heterocycles. The highest BCUT2D eigenvalue weighted by Gasteiger charge is 2.68. The fourth-order valence-corrected chi connectivity index (χ4v) is 4.92. The average Bonchev–Trinajstić information content (AvgIpc) is 2.74. The van der Waals surface area contributed by atoms with Gasteiger partial charge in [-0.2, -0.15) is 0 Å². The molecule has 1 N–H and O–H groups in total. The van der Waals surface area contributed by atoms with E-state index in [2.05, 4.69) is 39.9 Å². The molecular formula is C16H28BNO3. The quantitative estimate of drug-likeness (QED) is 0.625. The van der Waals surface area contributed by atoms with E-state index in [1.54, 1.807) is 0 Å². The van der Waals surface area contributed by atoms with Crippen LogP contribution in [0.15, 0.2) is 0 Å². The molecule has 0 aromatic heterocycles. The van der Waals surface area contributed by atoms with Gasteiger partial charge in [-0.15, -0.1) is 0 Å². The Morgan fingerprint density at radius 1 is 1.33 bits per heavy atom. The molecular weight excluding hydrogens is 265 g/mol. The lowest BCUT2D eigenvalue weighted by atomic mass is 9.43. The molecule has 0 aromatic carbocycles. The maximum atomic E-state index is 10.9. The van der Waals surface area contributed by atoms with Gasteiger partial charge in [0, 0.05) is 0 Å². The summed E-state index contributed by atoms with van der Waals surface area (Å²) in [6.07, 6.45) is 4.18. The van der Waals surface area contributed by atoms with Crippen LogP contribution in [0.4, 0.5) is 0 Å². The Kier molecular flexibility index (Phi) is 3.65. The Hall–Kier alpha value is -0.545. The number of carbonyl (C=O) groups excluding carboxylic acids is 1. The summed E-state index contributed by atoms with van der Waals surface area (Å²) in [5.74, 6) is 1.76. The van der Waals surface area contributed by atoms with Gasteiger partial charge in [0.2, 0.25) is 6.41 Å². The Labute approximate surface area is 128 Å². The second-order valence-corrected chi connectivity index (χ2v) is 8.36. The molecule has 1 aliphatic heterocycles. The molecule has 4 nitrogen and oxygen atoms in total. The van der Waals surface area contributed by atoms with E-state index in [0.29, 0.717) is 17.3 Å². The third-order valence-electron chi connectivity index (χ3n) is 6.30. The molecule has 0 aromatic rings. The minimum Gasteiger partial charge on any atom is -0.404 e. The van der Waals surface area contributed by atoms with Crippen molar-refractivity contribution in [2.45, 2.75) is 71.5 Å². The molecule has 3 saturated carbocycles. The highest BCUT2D eigenvalue weighted by molar-refractivity contribution is 6.47. The largest absolute Gasteiger partial charge is 0.481 e. The summed E-state index contributed by atoms with van der Waals surface area (Å²) in [6, 6.07) is 0. The van der Waals surface area contributed by atoms with E-state index in [0.717, 1.165) is 25.2 Å². The molecule has 2 bridgehead atoms. The summed E-state index contributed by atoms with van der Waals surface area (Å²) in [7, 11) is -0.303. The van der Waals surface area contributed by atoms with Crippen LogP contribution in [-0.4, -0.2) is 31.2 Å². The number of rotatable bonds is 5. The second kappa shape index (κ2) is 4.99. The van der Waals surface area contributed by atoms with E-state index in [9.17, 15) is 4.79 Å². The van der Waals surface area contributed by atoms with Gasteiger partial charge in [0.1, 0.15) is 0 Å². The van der Waals surface area contributed by atoms with Crippen LogP contribution in [0.1, 0.15) is 53.9 Å². The van der Waals surface area contributed by atoms with Gasteiger partial charge < -0.3 is 14.6 Å². The molecule has 21 heavy (non-hydrogen) atoms. The maximum absolute atomic E-state index is 10.9. The summed E-state index contributed by atoms with van der Waals surface area (Å²) in [6.45, 7) is 11.2. The predicted octanol–water partition coefficient (Wildman–Crippen LogP) is 2.41. The topological polar surface area (TPSA) is 47.6 Å². The maximum Gasteiger partial charge on any atom is 0.481 e.